The van der Waals surface area contributed by atoms with E-state index in [0.29, 0.717) is 57.2 Å². The van der Waals surface area contributed by atoms with Crippen LogP contribution < -0.4 is 9.47 Å². The topological polar surface area (TPSA) is 58.9 Å². The maximum atomic E-state index is 12.3. The van der Waals surface area contributed by atoms with Crippen LogP contribution in [0, 0.1) is 13.8 Å². The minimum atomic E-state index is -0.993. The molecule has 6 aromatic rings. The van der Waals surface area contributed by atoms with Crippen molar-refractivity contribution >= 4 is 14.2 Å². The molecule has 2 unspecified atom stereocenters. The van der Waals surface area contributed by atoms with Crippen LogP contribution in [0.25, 0.3) is 0 Å². The Kier molecular flexibility index (Phi) is 21.6. The van der Waals surface area contributed by atoms with Crippen molar-refractivity contribution in [2.75, 3.05) is 0 Å². The molecule has 0 bridgehead atoms. The van der Waals surface area contributed by atoms with Crippen LogP contribution in [0.4, 0.5) is 0 Å². The first-order chi connectivity index (χ1) is 35.4. The van der Waals surface area contributed by atoms with Gasteiger partial charge in [-0.3, -0.25) is 0 Å². The van der Waals surface area contributed by atoms with Gasteiger partial charge in [0.2, 0.25) is 0 Å². The Hall–Kier alpha value is -4.16. The molecule has 1 saturated carbocycles. The number of ether oxygens (including phenoxy) is 2. The SMILES string of the molecule is CC(C)c1cccc(C(C)C)c1Oc1cc(C(C)(C)C)cc(C[S]2=[Zr]=[S@@](Cc3cc(C(C)(C)C)cc(Oc4c(C(C)C)cccc4C(C)C)c3O)C3CCCCCC[C@@H]32)c1O.[CH2-]c1ccccc1.[CH2-]c1ccccc1. The molecule has 4 atom stereocenters. The third-order valence-electron chi connectivity index (χ3n) is 14.5. The summed E-state index contributed by atoms with van der Waals surface area (Å²) < 4.78 is 13.9. The fourth-order valence-electron chi connectivity index (χ4n) is 9.89. The van der Waals surface area contributed by atoms with E-state index in [1.165, 1.54) is 71.9 Å². The number of aromatic hydroxyl groups is 2. The number of hydrogen-bond acceptors (Lipinski definition) is 4. The van der Waals surface area contributed by atoms with Gasteiger partial charge in [0.1, 0.15) is 0 Å². The van der Waals surface area contributed by atoms with Gasteiger partial charge in [-0.15, -0.1) is 24.3 Å². The van der Waals surface area contributed by atoms with E-state index in [0.717, 1.165) is 45.3 Å². The molecular weight excluding hydrogens is 1040 g/mol. The third kappa shape index (κ3) is 16.2. The molecule has 0 saturated heterocycles. The monoisotopic (exact) mass is 1120 g/mol. The number of rotatable bonds is 12. The van der Waals surface area contributed by atoms with Gasteiger partial charge in [-0.05, 0) is 0 Å². The van der Waals surface area contributed by atoms with Gasteiger partial charge >= 0.3 is 385 Å². The molecular formula is C68H90O4S2Zr-2. The van der Waals surface area contributed by atoms with E-state index in [4.69, 9.17) is 9.47 Å². The number of phenols is 2. The summed E-state index contributed by atoms with van der Waals surface area (Å²) >= 11 is -0.993. The van der Waals surface area contributed by atoms with Gasteiger partial charge in [0, 0.05) is 0 Å². The van der Waals surface area contributed by atoms with Crippen molar-refractivity contribution in [3.8, 4) is 34.5 Å². The molecule has 1 aliphatic carbocycles. The Morgan fingerprint density at radius 3 is 1.07 bits per heavy atom. The van der Waals surface area contributed by atoms with Crippen molar-refractivity contribution in [3.05, 3.63) is 191 Å². The maximum absolute atomic E-state index is 12.3. The average molecular weight is 1130 g/mol. The van der Waals surface area contributed by atoms with Crippen LogP contribution in [0.5, 0.6) is 34.5 Å². The van der Waals surface area contributed by atoms with Crippen molar-refractivity contribution in [2.24, 2.45) is 0 Å². The number of para-hydroxylation sites is 2. The van der Waals surface area contributed by atoms with Crippen molar-refractivity contribution in [2.45, 2.75) is 192 Å². The molecule has 1 aliphatic heterocycles. The van der Waals surface area contributed by atoms with Crippen LogP contribution in [-0.4, -0.2) is 20.7 Å². The summed E-state index contributed by atoms with van der Waals surface area (Å²) in [5.41, 5.74) is 11.2. The smallest absolute Gasteiger partial charge is 0.0866 e. The normalized spacial score (nSPS) is 17.7. The second-order valence-corrected chi connectivity index (χ2v) is 39.7. The summed E-state index contributed by atoms with van der Waals surface area (Å²) in [5.74, 6) is 6.66. The summed E-state index contributed by atoms with van der Waals surface area (Å²) in [6, 6.07) is 41.6. The van der Waals surface area contributed by atoms with Gasteiger partial charge < -0.3 is 0 Å². The predicted octanol–water partition coefficient (Wildman–Crippen LogP) is 20.8. The Bertz CT molecular complexity index is 2650. The first-order valence-corrected chi connectivity index (χ1v) is 36.6. The summed E-state index contributed by atoms with van der Waals surface area (Å²) in [7, 11) is 0.461. The number of hydrogen-bond donors (Lipinski definition) is 2. The predicted molar refractivity (Wildman–Crippen MR) is 323 cm³/mol. The Labute approximate surface area is 466 Å². The standard InChI is InChI=1S/C54H76O4S2.2C7H7.Zr/c1-33(2)41-21-19-22-42(34(3)4)51(41)57-45-29-39(53(9,10)11)27-37(49(45)55)31-59-47-25-17-15-16-18-26-48(47)60-32-38-28-40(54(12,13)14)30-46(50(38)56)58-52-43(35(5)6)23-20-24-44(52)36(7)8;2*1-7-5-3-2-4-6-7;/h19-24,27-30,33-36,47-48,55-56H,15-18,25-26,31-32H2,1-14H3;2*2-6H,1H2;/q;2*-1;/t47-,48?;;;/m0.../s1. The minimum Gasteiger partial charge on any atom is -0.199 e. The first kappa shape index (κ1) is 60.1. The fourth-order valence-corrected chi connectivity index (χ4v) is 38.8. The van der Waals surface area contributed by atoms with Gasteiger partial charge in [-0.25, -0.2) is 0 Å². The Morgan fingerprint density at radius 1 is 0.480 bits per heavy atom. The molecule has 0 spiro atoms. The zero-order valence-corrected chi connectivity index (χ0v) is 52.2. The van der Waals surface area contributed by atoms with Crippen LogP contribution >= 0.6 is 14.2 Å². The van der Waals surface area contributed by atoms with Crippen LogP contribution in [0.15, 0.2) is 121 Å². The minimum absolute atomic E-state index is 0.105. The van der Waals surface area contributed by atoms with Gasteiger partial charge in [0.25, 0.3) is 0 Å². The molecule has 404 valence electrons. The van der Waals surface area contributed by atoms with Crippen LogP contribution in [-0.2, 0) is 41.5 Å². The van der Waals surface area contributed by atoms with E-state index in [9.17, 15) is 10.2 Å². The van der Waals surface area contributed by atoms with Crippen molar-refractivity contribution in [1.29, 1.82) is 0 Å². The second-order valence-electron chi connectivity index (χ2n) is 24.1. The molecule has 8 rings (SSSR count). The molecule has 6 aromatic carbocycles. The molecule has 1 heterocycles. The van der Waals surface area contributed by atoms with Gasteiger partial charge in [-0.1, -0.05) is 12.1 Å². The van der Waals surface area contributed by atoms with Crippen LogP contribution in [0.3, 0.4) is 0 Å². The molecule has 0 aromatic heterocycles. The van der Waals surface area contributed by atoms with Crippen LogP contribution in [0.1, 0.15) is 215 Å². The number of benzene rings is 6. The molecule has 75 heavy (non-hydrogen) atoms. The summed E-state index contributed by atoms with van der Waals surface area (Å²) in [6.45, 7) is 38.8. The molecule has 1 fully saturated rings. The van der Waals surface area contributed by atoms with E-state index in [-0.39, 0.29) is 25.1 Å². The Balaban J connectivity index is 0.000000562. The van der Waals surface area contributed by atoms with Gasteiger partial charge in [0.05, 0.1) is 0 Å². The van der Waals surface area contributed by atoms with Crippen LogP contribution in [0.2, 0.25) is 0 Å². The molecule has 0 radical (unpaired) electrons. The van der Waals surface area contributed by atoms with E-state index < -0.39 is 19.2 Å². The molecule has 2 aliphatic rings. The molecule has 4 nitrogen and oxygen atoms in total. The van der Waals surface area contributed by atoms with E-state index >= 15 is 0 Å². The number of phenolic OH excluding ortho intramolecular Hbond substituents is 2. The quantitative estimate of drug-likeness (QED) is 0.120. The molecule has 0 amide bonds. The van der Waals surface area contributed by atoms with Crippen molar-refractivity contribution in [3.63, 3.8) is 0 Å². The Morgan fingerprint density at radius 2 is 0.800 bits per heavy atom. The zero-order chi connectivity index (χ0) is 54.8. The summed E-state index contributed by atoms with van der Waals surface area (Å²) in [5, 5.41) is 26.0. The summed E-state index contributed by atoms with van der Waals surface area (Å²) in [4.78, 5) is 0. The van der Waals surface area contributed by atoms with Gasteiger partial charge in [-0.2, -0.15) is 49.2 Å². The second kappa shape index (κ2) is 26.9. The molecule has 2 N–H and O–H groups in total. The average Bonchev–Trinajstić information content (AvgIpc) is 3.64. The van der Waals surface area contributed by atoms with Crippen molar-refractivity contribution in [1.82, 2.24) is 0 Å². The summed E-state index contributed by atoms with van der Waals surface area (Å²) in [6.07, 6.45) is 7.80. The number of fused-ring (bicyclic) bond motifs is 1. The largest absolute Gasteiger partial charge is 0.199 e. The maximum Gasteiger partial charge on any atom is -0.0866 e. The van der Waals surface area contributed by atoms with E-state index in [1.54, 1.807) is 0 Å². The fraction of sp³-hybridized carbons (Fsp3) is 0.441. The van der Waals surface area contributed by atoms with E-state index in [2.05, 4.69) is 171 Å². The van der Waals surface area contributed by atoms with E-state index in [1.807, 2.05) is 60.7 Å². The van der Waals surface area contributed by atoms with Crippen molar-refractivity contribution < 1.29 is 38.8 Å². The first-order valence-electron chi connectivity index (χ1n) is 27.7. The molecule has 7 heteroatoms. The third-order valence-corrected chi connectivity index (χ3v) is 36.3. The zero-order valence-electron chi connectivity index (χ0n) is 48.1. The van der Waals surface area contributed by atoms with Gasteiger partial charge in [0.15, 0.2) is 0 Å².